The summed E-state index contributed by atoms with van der Waals surface area (Å²) in [5.74, 6) is 0. The van der Waals surface area contributed by atoms with Gasteiger partial charge < -0.3 is 4.48 Å². The Hall–Kier alpha value is 0.870. The van der Waals surface area contributed by atoms with Gasteiger partial charge in [0.15, 0.2) is 0 Å². The first-order valence-electron chi connectivity index (χ1n) is 7.36. The molecular weight excluding hydrogens is 305 g/mol. The molecule has 0 bridgehead atoms. The van der Waals surface area contributed by atoms with Crippen molar-refractivity contribution in [3.63, 3.8) is 0 Å². The molecule has 0 aromatic carbocycles. The summed E-state index contributed by atoms with van der Waals surface area (Å²) in [5.41, 5.74) is 0. The Labute approximate surface area is 130 Å². The van der Waals surface area contributed by atoms with Crippen LogP contribution in [-0.4, -0.2) is 32.2 Å². The van der Waals surface area contributed by atoms with Crippen LogP contribution in [0.3, 0.4) is 0 Å². The monoisotopic (exact) mass is 342 g/mol. The van der Waals surface area contributed by atoms with E-state index >= 15 is 0 Å². The van der Waals surface area contributed by atoms with Gasteiger partial charge in [0, 0.05) is 0 Å². The highest BCUT2D eigenvalue weighted by Gasteiger charge is 2.04. The zero-order chi connectivity index (χ0) is 12.3. The topological polar surface area (TPSA) is 0 Å². The number of hydrogen-bond donors (Lipinski definition) is 0. The van der Waals surface area contributed by atoms with Crippen LogP contribution in [0.15, 0.2) is 0 Å². The van der Waals surface area contributed by atoms with Crippen LogP contribution in [0.5, 0.6) is 0 Å². The molecule has 1 atom stereocenters. The van der Waals surface area contributed by atoms with Crippen molar-refractivity contribution in [2.45, 2.75) is 71.1 Å². The smallest absolute Gasteiger partial charge is 0.0780 e. The highest BCUT2D eigenvalue weighted by molar-refractivity contribution is 8.93. The van der Waals surface area contributed by atoms with Crippen LogP contribution in [0.1, 0.15) is 71.1 Å². The summed E-state index contributed by atoms with van der Waals surface area (Å²) < 4.78 is 1.12. The molecule has 0 aromatic rings. The van der Waals surface area contributed by atoms with Crippen molar-refractivity contribution in [1.29, 1.82) is 0 Å². The third-order valence-corrected chi connectivity index (χ3v) is 3.18. The van der Waals surface area contributed by atoms with Gasteiger partial charge >= 0.3 is 0 Å². The first kappa shape index (κ1) is 23.9. The first-order valence-corrected chi connectivity index (χ1v) is 7.36. The average molecular weight is 343 g/mol. The minimum Gasteiger partial charge on any atom is -0.331 e. The maximum absolute atomic E-state index is 2.29. The largest absolute Gasteiger partial charge is 0.331 e. The van der Waals surface area contributed by atoms with Crippen molar-refractivity contribution in [2.75, 3.05) is 27.7 Å². The summed E-state index contributed by atoms with van der Waals surface area (Å²) in [5, 5.41) is 0. The maximum atomic E-state index is 2.29. The van der Waals surface area contributed by atoms with E-state index < -0.39 is 0 Å². The molecule has 0 aliphatic carbocycles. The molecule has 0 amide bonds. The Morgan fingerprint density at radius 3 is 1.28 bits per heavy atom. The van der Waals surface area contributed by atoms with Crippen LogP contribution in [0.4, 0.5) is 0 Å². The molecule has 0 aliphatic heterocycles. The minimum absolute atomic E-state index is 0. The summed E-state index contributed by atoms with van der Waals surface area (Å²) in [6.45, 7) is 3.62. The SMILES string of the molecule is Br.CCCCCCCCCCCC[N+](C)(C)C.P. The Bertz CT molecular complexity index is 146. The Kier molecular flexibility index (Phi) is 21.2. The Balaban J connectivity index is -0.00000112. The van der Waals surface area contributed by atoms with Crippen molar-refractivity contribution < 1.29 is 4.48 Å². The van der Waals surface area contributed by atoms with E-state index in [1.807, 2.05) is 0 Å². The summed E-state index contributed by atoms with van der Waals surface area (Å²) in [7, 11) is 6.86. The summed E-state index contributed by atoms with van der Waals surface area (Å²) in [6.07, 6.45) is 14.4. The number of quaternary nitrogens is 1. The van der Waals surface area contributed by atoms with Gasteiger partial charge in [0.05, 0.1) is 27.7 Å². The van der Waals surface area contributed by atoms with Crippen LogP contribution in [0, 0.1) is 0 Å². The molecule has 0 radical (unpaired) electrons. The van der Waals surface area contributed by atoms with Crippen molar-refractivity contribution in [1.82, 2.24) is 0 Å². The molecule has 0 rings (SSSR count). The molecule has 0 aliphatic rings. The maximum Gasteiger partial charge on any atom is 0.0780 e. The second kappa shape index (κ2) is 15.9. The second-order valence-corrected chi connectivity index (χ2v) is 6.20. The van der Waals surface area contributed by atoms with E-state index in [9.17, 15) is 0 Å². The van der Waals surface area contributed by atoms with Gasteiger partial charge in [-0.1, -0.05) is 58.3 Å². The lowest BCUT2D eigenvalue weighted by Crippen LogP contribution is -2.35. The molecular formula is C15H38BrNP+. The predicted octanol–water partition coefficient (Wildman–Crippen LogP) is 5.25. The van der Waals surface area contributed by atoms with Gasteiger partial charge in [-0.05, 0) is 12.8 Å². The molecule has 1 unspecified atom stereocenters. The fourth-order valence-corrected chi connectivity index (χ4v) is 2.07. The molecule has 114 valence electrons. The second-order valence-electron chi connectivity index (χ2n) is 6.20. The van der Waals surface area contributed by atoms with Gasteiger partial charge in [-0.2, -0.15) is 9.90 Å². The van der Waals surface area contributed by atoms with Crippen LogP contribution in [-0.2, 0) is 0 Å². The normalized spacial score (nSPS) is 10.7. The number of rotatable bonds is 11. The Morgan fingerprint density at radius 1 is 0.611 bits per heavy atom. The van der Waals surface area contributed by atoms with E-state index in [0.29, 0.717) is 0 Å². The van der Waals surface area contributed by atoms with E-state index in [2.05, 4.69) is 28.1 Å². The van der Waals surface area contributed by atoms with E-state index in [4.69, 9.17) is 0 Å². The van der Waals surface area contributed by atoms with Crippen LogP contribution >= 0.6 is 26.9 Å². The zero-order valence-corrected chi connectivity index (χ0v) is 16.5. The van der Waals surface area contributed by atoms with Crippen LogP contribution in [0.25, 0.3) is 0 Å². The van der Waals surface area contributed by atoms with Crippen LogP contribution < -0.4 is 0 Å². The predicted molar refractivity (Wildman–Crippen MR) is 96.2 cm³/mol. The van der Waals surface area contributed by atoms with Gasteiger partial charge in [-0.15, -0.1) is 17.0 Å². The van der Waals surface area contributed by atoms with Gasteiger partial charge in [0.2, 0.25) is 0 Å². The highest BCUT2D eigenvalue weighted by atomic mass is 79.9. The molecule has 0 N–H and O–H groups in total. The van der Waals surface area contributed by atoms with Gasteiger partial charge in [0.1, 0.15) is 0 Å². The molecule has 0 saturated carbocycles. The number of unbranched alkanes of at least 4 members (excludes halogenated alkanes) is 9. The molecule has 0 fully saturated rings. The average Bonchev–Trinajstić information content (AvgIpc) is 2.19. The van der Waals surface area contributed by atoms with Crippen molar-refractivity contribution in [3.05, 3.63) is 0 Å². The molecule has 1 nitrogen and oxygen atoms in total. The summed E-state index contributed by atoms with van der Waals surface area (Å²) in [4.78, 5) is 0. The minimum atomic E-state index is 0. The summed E-state index contributed by atoms with van der Waals surface area (Å²) in [6, 6.07) is 0. The fraction of sp³-hybridized carbons (Fsp3) is 1.00. The first-order chi connectivity index (χ1) is 7.56. The van der Waals surface area contributed by atoms with Crippen molar-refractivity contribution in [3.8, 4) is 0 Å². The Morgan fingerprint density at radius 2 is 0.944 bits per heavy atom. The van der Waals surface area contributed by atoms with Crippen molar-refractivity contribution in [2.24, 2.45) is 0 Å². The molecule has 0 heterocycles. The van der Waals surface area contributed by atoms with Gasteiger partial charge in [-0.3, -0.25) is 0 Å². The third kappa shape index (κ3) is 22.1. The highest BCUT2D eigenvalue weighted by Crippen LogP contribution is 2.10. The number of nitrogens with zero attached hydrogens (tertiary/aromatic N) is 1. The van der Waals surface area contributed by atoms with E-state index in [-0.39, 0.29) is 26.9 Å². The van der Waals surface area contributed by atoms with E-state index in [0.717, 1.165) is 4.48 Å². The molecule has 18 heavy (non-hydrogen) atoms. The summed E-state index contributed by atoms with van der Waals surface area (Å²) >= 11 is 0. The molecule has 0 saturated heterocycles. The quantitative estimate of drug-likeness (QED) is 0.273. The van der Waals surface area contributed by atoms with Crippen molar-refractivity contribution >= 4 is 26.9 Å². The van der Waals surface area contributed by atoms with Crippen LogP contribution in [0.2, 0.25) is 0 Å². The van der Waals surface area contributed by atoms with E-state index in [1.54, 1.807) is 0 Å². The number of halogens is 1. The third-order valence-electron chi connectivity index (χ3n) is 3.18. The lowest BCUT2D eigenvalue weighted by Gasteiger charge is -2.23. The van der Waals surface area contributed by atoms with Gasteiger partial charge in [-0.25, -0.2) is 0 Å². The van der Waals surface area contributed by atoms with E-state index in [1.165, 1.54) is 70.8 Å². The lowest BCUT2D eigenvalue weighted by molar-refractivity contribution is -0.870. The zero-order valence-electron chi connectivity index (χ0n) is 13.3. The molecule has 0 aromatic heterocycles. The fourth-order valence-electron chi connectivity index (χ4n) is 2.07. The molecule has 0 spiro atoms. The lowest BCUT2D eigenvalue weighted by atomic mass is 10.1. The van der Waals surface area contributed by atoms with Gasteiger partial charge in [0.25, 0.3) is 0 Å². The standard InChI is InChI=1S/C15H34N.BrH.H3P/c1-5-6-7-8-9-10-11-12-13-14-15-16(2,3)4;;/h5-15H2,1-4H3;1H;1H3/q+1;;. The number of hydrogen-bond acceptors (Lipinski definition) is 0. The molecule has 3 heteroatoms.